The molecule has 4 N–H and O–H groups in total. The van der Waals surface area contributed by atoms with Crippen LogP contribution in [0.5, 0.6) is 0 Å². The number of carbonyl (C=O) groups is 2. The Morgan fingerprint density at radius 3 is 2.30 bits per heavy atom. The molecule has 0 bridgehead atoms. The number of nitrogens with one attached hydrogen (secondary N) is 2. The van der Waals surface area contributed by atoms with Gasteiger partial charge in [0.25, 0.3) is 0 Å². The summed E-state index contributed by atoms with van der Waals surface area (Å²) in [6, 6.07) is 8.49. The topological polar surface area (TPSA) is 118 Å². The van der Waals surface area contributed by atoms with Crippen LogP contribution in [-0.2, 0) is 19.6 Å². The van der Waals surface area contributed by atoms with Crippen molar-refractivity contribution < 1.29 is 18.0 Å². The van der Waals surface area contributed by atoms with Gasteiger partial charge in [0.05, 0.1) is 0 Å². The van der Waals surface area contributed by atoms with Crippen LogP contribution in [0.2, 0.25) is 0 Å². The van der Waals surface area contributed by atoms with Crippen LogP contribution in [0.1, 0.15) is 12.8 Å². The van der Waals surface area contributed by atoms with Crippen LogP contribution in [-0.4, -0.2) is 31.5 Å². The molecule has 1 aliphatic rings. The maximum absolute atomic E-state index is 11.8. The second-order valence-corrected chi connectivity index (χ2v) is 6.44. The van der Waals surface area contributed by atoms with Gasteiger partial charge in [-0.2, -0.15) is 4.72 Å². The molecule has 20 heavy (non-hydrogen) atoms. The average Bonchev–Trinajstić information content (AvgIpc) is 3.09. The highest BCUT2D eigenvalue weighted by Crippen LogP contribution is 2.35. The molecule has 0 aliphatic heterocycles. The van der Waals surface area contributed by atoms with Gasteiger partial charge in [0.2, 0.25) is 21.8 Å². The van der Waals surface area contributed by atoms with E-state index in [4.69, 9.17) is 5.73 Å². The number of amides is 2. The average molecular weight is 297 g/mol. The molecule has 2 rings (SSSR count). The minimum Gasteiger partial charge on any atom is -0.368 e. The fourth-order valence-electron chi connectivity index (χ4n) is 1.75. The van der Waals surface area contributed by atoms with E-state index in [2.05, 4.69) is 10.0 Å². The van der Waals surface area contributed by atoms with Gasteiger partial charge in [-0.05, 0) is 25.0 Å². The van der Waals surface area contributed by atoms with Gasteiger partial charge >= 0.3 is 0 Å². The number of para-hydroxylation sites is 1. The van der Waals surface area contributed by atoms with Crippen LogP contribution in [0.3, 0.4) is 0 Å². The molecule has 2 amide bonds. The lowest BCUT2D eigenvalue weighted by Crippen LogP contribution is -2.48. The molecule has 0 spiro atoms. The number of hydrogen-bond donors (Lipinski definition) is 3. The van der Waals surface area contributed by atoms with Gasteiger partial charge in [-0.25, -0.2) is 8.42 Å². The predicted octanol–water partition coefficient (Wildman–Crippen LogP) is -0.438. The summed E-state index contributed by atoms with van der Waals surface area (Å²) >= 11 is 0. The van der Waals surface area contributed by atoms with Gasteiger partial charge in [0, 0.05) is 5.69 Å². The zero-order valence-corrected chi connectivity index (χ0v) is 11.4. The standard InChI is InChI=1S/C12H15N3O4S/c13-11(17)12(6-7-12)15-20(18,19)8-10(16)14-9-4-2-1-3-5-9/h1-5,15H,6-8H2,(H2,13,17)(H,14,16). The molecule has 0 aromatic heterocycles. The van der Waals surface area contributed by atoms with Crippen molar-refractivity contribution in [1.82, 2.24) is 4.72 Å². The van der Waals surface area contributed by atoms with Crippen LogP contribution in [0.15, 0.2) is 30.3 Å². The van der Waals surface area contributed by atoms with Gasteiger partial charge in [-0.1, -0.05) is 18.2 Å². The van der Waals surface area contributed by atoms with E-state index in [1.807, 2.05) is 0 Å². The summed E-state index contributed by atoms with van der Waals surface area (Å²) in [5, 5.41) is 2.46. The van der Waals surface area contributed by atoms with E-state index in [1.165, 1.54) is 0 Å². The number of hydrogen-bond acceptors (Lipinski definition) is 4. The van der Waals surface area contributed by atoms with E-state index < -0.39 is 33.1 Å². The first-order valence-corrected chi connectivity index (χ1v) is 7.65. The first-order valence-electron chi connectivity index (χ1n) is 5.99. The smallest absolute Gasteiger partial charge is 0.240 e. The third kappa shape index (κ3) is 3.55. The van der Waals surface area contributed by atoms with Crippen LogP contribution in [0, 0.1) is 0 Å². The molecule has 1 aliphatic carbocycles. The number of sulfonamides is 1. The highest BCUT2D eigenvalue weighted by Gasteiger charge is 2.51. The fraction of sp³-hybridized carbons (Fsp3) is 0.333. The van der Waals surface area contributed by atoms with Gasteiger partial charge in [0.15, 0.2) is 0 Å². The largest absolute Gasteiger partial charge is 0.368 e. The van der Waals surface area contributed by atoms with Gasteiger partial charge in [-0.15, -0.1) is 0 Å². The molecule has 0 heterocycles. The van der Waals surface area contributed by atoms with E-state index in [1.54, 1.807) is 30.3 Å². The summed E-state index contributed by atoms with van der Waals surface area (Å²) < 4.78 is 25.8. The van der Waals surface area contributed by atoms with Crippen molar-refractivity contribution in [3.8, 4) is 0 Å². The Morgan fingerprint density at radius 2 is 1.80 bits per heavy atom. The van der Waals surface area contributed by atoms with Crippen molar-refractivity contribution in [3.05, 3.63) is 30.3 Å². The maximum Gasteiger partial charge on any atom is 0.240 e. The van der Waals surface area contributed by atoms with E-state index in [0.717, 1.165) is 0 Å². The molecule has 8 heteroatoms. The number of benzene rings is 1. The zero-order valence-electron chi connectivity index (χ0n) is 10.6. The van der Waals surface area contributed by atoms with Crippen molar-refractivity contribution in [1.29, 1.82) is 0 Å². The summed E-state index contributed by atoms with van der Waals surface area (Å²) in [6.07, 6.45) is 0.726. The van der Waals surface area contributed by atoms with Gasteiger partial charge < -0.3 is 11.1 Å². The SMILES string of the molecule is NC(=O)C1(NS(=O)(=O)CC(=O)Nc2ccccc2)CC1. The molecular formula is C12H15N3O4S. The lowest BCUT2D eigenvalue weighted by Gasteiger charge is -2.13. The molecule has 0 saturated heterocycles. The quantitative estimate of drug-likeness (QED) is 0.659. The maximum atomic E-state index is 11.8. The summed E-state index contributed by atoms with van der Waals surface area (Å²) in [6.45, 7) is 0. The number of anilines is 1. The van der Waals surface area contributed by atoms with Crippen LogP contribution >= 0.6 is 0 Å². The normalized spacial score (nSPS) is 16.4. The van der Waals surface area contributed by atoms with Crippen molar-refractivity contribution in [3.63, 3.8) is 0 Å². The summed E-state index contributed by atoms with van der Waals surface area (Å²) in [5.41, 5.74) is 4.43. The molecule has 1 saturated carbocycles. The third-order valence-corrected chi connectivity index (χ3v) is 4.30. The Labute approximate surface area is 116 Å². The Balaban J connectivity index is 1.95. The minimum atomic E-state index is -3.90. The lowest BCUT2D eigenvalue weighted by atomic mass is 10.3. The van der Waals surface area contributed by atoms with E-state index >= 15 is 0 Å². The molecular weight excluding hydrogens is 282 g/mol. The Morgan fingerprint density at radius 1 is 1.20 bits per heavy atom. The summed E-state index contributed by atoms with van der Waals surface area (Å²) in [4.78, 5) is 22.8. The highest BCUT2D eigenvalue weighted by atomic mass is 32.2. The molecule has 0 unspecified atom stereocenters. The molecule has 0 radical (unpaired) electrons. The molecule has 1 aromatic carbocycles. The van der Waals surface area contributed by atoms with Crippen LogP contribution in [0.4, 0.5) is 5.69 Å². The fourth-order valence-corrected chi connectivity index (χ4v) is 3.14. The second kappa shape index (κ2) is 5.22. The number of nitrogens with two attached hydrogens (primary N) is 1. The highest BCUT2D eigenvalue weighted by molar-refractivity contribution is 7.90. The number of primary amides is 1. The van der Waals surface area contributed by atoms with Gasteiger partial charge in [-0.3, -0.25) is 9.59 Å². The Kier molecular flexibility index (Phi) is 3.78. The third-order valence-electron chi connectivity index (χ3n) is 2.95. The van der Waals surface area contributed by atoms with E-state index in [0.29, 0.717) is 18.5 Å². The molecule has 108 valence electrons. The second-order valence-electron chi connectivity index (χ2n) is 4.72. The van der Waals surface area contributed by atoms with Crippen LogP contribution < -0.4 is 15.8 Å². The monoisotopic (exact) mass is 297 g/mol. The van der Waals surface area contributed by atoms with Gasteiger partial charge in [0.1, 0.15) is 11.3 Å². The summed E-state index contributed by atoms with van der Waals surface area (Å²) in [5.74, 6) is -2.15. The molecule has 1 fully saturated rings. The first-order chi connectivity index (χ1) is 9.33. The van der Waals surface area contributed by atoms with Crippen molar-refractivity contribution in [2.24, 2.45) is 5.73 Å². The van der Waals surface area contributed by atoms with E-state index in [9.17, 15) is 18.0 Å². The van der Waals surface area contributed by atoms with Crippen molar-refractivity contribution in [2.45, 2.75) is 18.4 Å². The predicted molar refractivity (Wildman–Crippen MR) is 73.2 cm³/mol. The van der Waals surface area contributed by atoms with Crippen molar-refractivity contribution >= 4 is 27.5 Å². The number of carbonyl (C=O) groups excluding carboxylic acids is 2. The summed E-state index contributed by atoms with van der Waals surface area (Å²) in [7, 11) is -3.90. The Hall–Kier alpha value is -1.93. The Bertz CT molecular complexity index is 623. The van der Waals surface area contributed by atoms with E-state index in [-0.39, 0.29) is 0 Å². The molecule has 1 aromatic rings. The molecule has 7 nitrogen and oxygen atoms in total. The first kappa shape index (κ1) is 14.5. The van der Waals surface area contributed by atoms with Crippen molar-refractivity contribution in [2.75, 3.05) is 11.1 Å². The molecule has 0 atom stereocenters. The minimum absolute atomic E-state index is 0.363. The number of rotatable bonds is 6. The van der Waals surface area contributed by atoms with Crippen LogP contribution in [0.25, 0.3) is 0 Å². The lowest BCUT2D eigenvalue weighted by molar-refractivity contribution is -0.120. The zero-order chi connectivity index (χ0) is 14.8.